The number of rotatable bonds is 5. The predicted molar refractivity (Wildman–Crippen MR) is 77.9 cm³/mol. The SMILES string of the molecule is CC(C)N1CCOC(CNCC(C)C(C)(C)C)C1. The number of nitrogens with one attached hydrogen (secondary N) is 1. The maximum absolute atomic E-state index is 5.82. The van der Waals surface area contributed by atoms with Gasteiger partial charge in [-0.1, -0.05) is 27.7 Å². The maximum Gasteiger partial charge on any atom is 0.0826 e. The van der Waals surface area contributed by atoms with Gasteiger partial charge in [0.05, 0.1) is 12.7 Å². The third-order valence-electron chi connectivity index (χ3n) is 4.20. The van der Waals surface area contributed by atoms with E-state index in [9.17, 15) is 0 Å². The highest BCUT2D eigenvalue weighted by molar-refractivity contribution is 4.77. The summed E-state index contributed by atoms with van der Waals surface area (Å²) in [5.74, 6) is 0.683. The summed E-state index contributed by atoms with van der Waals surface area (Å²) in [4.78, 5) is 2.50. The van der Waals surface area contributed by atoms with Crippen molar-refractivity contribution in [1.29, 1.82) is 0 Å². The largest absolute Gasteiger partial charge is 0.374 e. The molecule has 0 saturated carbocycles. The van der Waals surface area contributed by atoms with E-state index in [-0.39, 0.29) is 0 Å². The van der Waals surface area contributed by atoms with Gasteiger partial charge in [0.1, 0.15) is 0 Å². The van der Waals surface area contributed by atoms with Crippen LogP contribution in [-0.2, 0) is 4.74 Å². The number of hydrogen-bond donors (Lipinski definition) is 1. The Balaban J connectivity index is 2.23. The van der Waals surface area contributed by atoms with Crippen LogP contribution in [0.1, 0.15) is 41.5 Å². The lowest BCUT2D eigenvalue weighted by atomic mass is 9.82. The van der Waals surface area contributed by atoms with Crippen molar-refractivity contribution >= 4 is 0 Å². The van der Waals surface area contributed by atoms with Crippen molar-refractivity contribution in [3.8, 4) is 0 Å². The fourth-order valence-corrected chi connectivity index (χ4v) is 2.10. The zero-order valence-corrected chi connectivity index (χ0v) is 13.1. The van der Waals surface area contributed by atoms with E-state index < -0.39 is 0 Å². The molecule has 0 amide bonds. The van der Waals surface area contributed by atoms with Crippen LogP contribution >= 0.6 is 0 Å². The third-order valence-corrected chi connectivity index (χ3v) is 4.20. The summed E-state index contributed by atoms with van der Waals surface area (Å²) in [6.45, 7) is 18.8. The van der Waals surface area contributed by atoms with Crippen molar-refractivity contribution in [2.24, 2.45) is 11.3 Å². The molecule has 2 unspecified atom stereocenters. The first-order chi connectivity index (χ1) is 8.30. The van der Waals surface area contributed by atoms with Gasteiger partial charge in [-0.25, -0.2) is 0 Å². The van der Waals surface area contributed by atoms with Crippen LogP contribution in [0.2, 0.25) is 0 Å². The van der Waals surface area contributed by atoms with E-state index in [4.69, 9.17) is 4.74 Å². The van der Waals surface area contributed by atoms with Gasteiger partial charge in [-0.2, -0.15) is 0 Å². The minimum Gasteiger partial charge on any atom is -0.374 e. The Hall–Kier alpha value is -0.120. The Labute approximate surface area is 113 Å². The molecule has 0 aromatic carbocycles. The second-order valence-corrected chi connectivity index (χ2v) is 7.01. The highest BCUT2D eigenvalue weighted by atomic mass is 16.5. The number of nitrogens with zero attached hydrogens (tertiary/aromatic N) is 1. The monoisotopic (exact) mass is 256 g/mol. The van der Waals surface area contributed by atoms with Crippen LogP contribution in [0.5, 0.6) is 0 Å². The number of morpholine rings is 1. The van der Waals surface area contributed by atoms with Crippen molar-refractivity contribution in [1.82, 2.24) is 10.2 Å². The van der Waals surface area contributed by atoms with E-state index in [1.807, 2.05) is 0 Å². The van der Waals surface area contributed by atoms with Crippen LogP contribution in [0.3, 0.4) is 0 Å². The Morgan fingerprint density at radius 3 is 2.50 bits per heavy atom. The molecule has 0 spiro atoms. The van der Waals surface area contributed by atoms with Crippen molar-refractivity contribution in [2.75, 3.05) is 32.8 Å². The first kappa shape index (κ1) is 15.9. The van der Waals surface area contributed by atoms with Crippen molar-refractivity contribution in [2.45, 2.75) is 53.7 Å². The summed E-state index contributed by atoms with van der Waals surface area (Å²) in [7, 11) is 0. The van der Waals surface area contributed by atoms with Crippen LogP contribution in [0.25, 0.3) is 0 Å². The summed E-state index contributed by atoms with van der Waals surface area (Å²) in [5.41, 5.74) is 0.379. The molecule has 1 saturated heterocycles. The molecule has 3 heteroatoms. The molecule has 18 heavy (non-hydrogen) atoms. The lowest BCUT2D eigenvalue weighted by Gasteiger charge is -2.36. The van der Waals surface area contributed by atoms with Crippen molar-refractivity contribution in [3.63, 3.8) is 0 Å². The number of hydrogen-bond acceptors (Lipinski definition) is 3. The first-order valence-corrected chi connectivity index (χ1v) is 7.37. The lowest BCUT2D eigenvalue weighted by Crippen LogP contribution is -2.49. The van der Waals surface area contributed by atoms with Gasteiger partial charge >= 0.3 is 0 Å². The summed E-state index contributed by atoms with van der Waals surface area (Å²) < 4.78 is 5.82. The molecule has 1 aliphatic heterocycles. The highest BCUT2D eigenvalue weighted by Crippen LogP contribution is 2.24. The molecule has 108 valence electrons. The second kappa shape index (κ2) is 6.88. The van der Waals surface area contributed by atoms with Crippen molar-refractivity contribution < 1.29 is 4.74 Å². The van der Waals surface area contributed by atoms with Gasteiger partial charge in [0.2, 0.25) is 0 Å². The Bertz CT molecular complexity index is 235. The topological polar surface area (TPSA) is 24.5 Å². The van der Waals surface area contributed by atoms with Gasteiger partial charge in [0.25, 0.3) is 0 Å². The molecular formula is C15H32N2O. The van der Waals surface area contributed by atoms with Gasteiger partial charge in [0.15, 0.2) is 0 Å². The molecule has 1 heterocycles. The lowest BCUT2D eigenvalue weighted by molar-refractivity contribution is -0.0376. The molecule has 0 aliphatic carbocycles. The molecule has 0 aromatic rings. The molecule has 1 rings (SSSR count). The maximum atomic E-state index is 5.82. The quantitative estimate of drug-likeness (QED) is 0.817. The highest BCUT2D eigenvalue weighted by Gasteiger charge is 2.23. The van der Waals surface area contributed by atoms with Gasteiger partial charge in [-0.05, 0) is 31.7 Å². The molecule has 1 fully saturated rings. The molecule has 0 bridgehead atoms. The fourth-order valence-electron chi connectivity index (χ4n) is 2.10. The zero-order chi connectivity index (χ0) is 13.8. The van der Waals surface area contributed by atoms with Gasteiger partial charge in [-0.15, -0.1) is 0 Å². The predicted octanol–water partition coefficient (Wildman–Crippen LogP) is 2.37. The molecule has 0 radical (unpaired) electrons. The van der Waals surface area contributed by atoms with E-state index in [0.29, 0.717) is 23.5 Å². The fraction of sp³-hybridized carbons (Fsp3) is 1.00. The van der Waals surface area contributed by atoms with Crippen molar-refractivity contribution in [3.05, 3.63) is 0 Å². The van der Waals surface area contributed by atoms with Gasteiger partial charge in [0, 0.05) is 25.7 Å². The smallest absolute Gasteiger partial charge is 0.0826 e. The van der Waals surface area contributed by atoms with E-state index >= 15 is 0 Å². The Morgan fingerprint density at radius 2 is 1.94 bits per heavy atom. The Morgan fingerprint density at radius 1 is 1.28 bits per heavy atom. The summed E-state index contributed by atoms with van der Waals surface area (Å²) in [6, 6.07) is 0.630. The third kappa shape index (κ3) is 5.25. The standard InChI is InChI=1S/C15H32N2O/c1-12(2)17-7-8-18-14(11-17)10-16-9-13(3)15(4,5)6/h12-14,16H,7-11H2,1-6H3. The molecule has 0 aromatic heterocycles. The average molecular weight is 256 g/mol. The van der Waals surface area contributed by atoms with Crippen LogP contribution in [0, 0.1) is 11.3 Å². The normalized spacial score (nSPS) is 24.5. The molecule has 2 atom stereocenters. The second-order valence-electron chi connectivity index (χ2n) is 7.01. The molecule has 1 aliphatic rings. The summed E-state index contributed by atoms with van der Waals surface area (Å²) in [6.07, 6.45) is 0.355. The Kier molecular flexibility index (Phi) is 6.09. The van der Waals surface area contributed by atoms with E-state index in [1.165, 1.54) is 0 Å². The summed E-state index contributed by atoms with van der Waals surface area (Å²) in [5, 5.41) is 3.57. The van der Waals surface area contributed by atoms with Crippen LogP contribution in [-0.4, -0.2) is 49.8 Å². The van der Waals surface area contributed by atoms with Gasteiger partial charge in [-0.3, -0.25) is 4.90 Å². The average Bonchev–Trinajstić information content (AvgIpc) is 2.28. The van der Waals surface area contributed by atoms with Crippen LogP contribution < -0.4 is 5.32 Å². The van der Waals surface area contributed by atoms with Crippen LogP contribution in [0.15, 0.2) is 0 Å². The van der Waals surface area contributed by atoms with E-state index in [0.717, 1.165) is 32.8 Å². The molecule has 1 N–H and O–H groups in total. The van der Waals surface area contributed by atoms with Gasteiger partial charge < -0.3 is 10.1 Å². The number of ether oxygens (including phenoxy) is 1. The minimum atomic E-state index is 0.355. The zero-order valence-electron chi connectivity index (χ0n) is 13.1. The summed E-state index contributed by atoms with van der Waals surface area (Å²) >= 11 is 0. The van der Waals surface area contributed by atoms with E-state index in [2.05, 4.69) is 51.8 Å². The first-order valence-electron chi connectivity index (χ1n) is 7.37. The van der Waals surface area contributed by atoms with Crippen LogP contribution in [0.4, 0.5) is 0 Å². The van der Waals surface area contributed by atoms with E-state index in [1.54, 1.807) is 0 Å². The molecule has 3 nitrogen and oxygen atoms in total. The minimum absolute atomic E-state index is 0.355. The molecular weight excluding hydrogens is 224 g/mol.